The second kappa shape index (κ2) is 7.48. The molecule has 0 aliphatic carbocycles. The molecule has 2 heteroatoms. The summed E-state index contributed by atoms with van der Waals surface area (Å²) in [6.07, 6.45) is 0. The predicted octanol–water partition coefficient (Wildman–Crippen LogP) is 5.76. The average molecular weight is 352 g/mol. The van der Waals surface area contributed by atoms with E-state index in [1.165, 1.54) is 0 Å². The van der Waals surface area contributed by atoms with Gasteiger partial charge in [-0.25, -0.2) is 0 Å². The normalized spacial score (nSPS) is 11.1. The molecule has 132 valence electrons. The third-order valence-electron chi connectivity index (χ3n) is 4.63. The Bertz CT molecular complexity index is 939. The Labute approximate surface area is 159 Å². The molecule has 0 saturated carbocycles. The van der Waals surface area contributed by atoms with Crippen molar-refractivity contribution < 1.29 is 9.84 Å². The summed E-state index contributed by atoms with van der Waals surface area (Å²) in [5.74, 6) is 1.51. The predicted molar refractivity (Wildman–Crippen MR) is 108 cm³/mol. The minimum absolute atomic E-state index is 0.730. The third kappa shape index (κ3) is 3.48. The van der Waals surface area contributed by atoms with Crippen LogP contribution in [0.1, 0.15) is 16.7 Å². The van der Waals surface area contributed by atoms with E-state index in [-0.39, 0.29) is 0 Å². The molecule has 2 nitrogen and oxygen atoms in total. The van der Waals surface area contributed by atoms with E-state index in [4.69, 9.17) is 4.74 Å². The molecule has 0 atom stereocenters. The molecule has 0 aliphatic heterocycles. The van der Waals surface area contributed by atoms with Crippen molar-refractivity contribution in [3.63, 3.8) is 0 Å². The SMILES string of the molecule is OC(c1ccccc1)(c1ccccc1)c1ccc(Oc2ccccc2)cc1. The van der Waals surface area contributed by atoms with Gasteiger partial charge in [0.2, 0.25) is 0 Å². The van der Waals surface area contributed by atoms with Gasteiger partial charge in [-0.15, -0.1) is 0 Å². The van der Waals surface area contributed by atoms with Crippen molar-refractivity contribution in [3.05, 3.63) is 132 Å². The van der Waals surface area contributed by atoms with Crippen molar-refractivity contribution >= 4 is 0 Å². The van der Waals surface area contributed by atoms with E-state index in [2.05, 4.69) is 0 Å². The molecule has 0 heterocycles. The van der Waals surface area contributed by atoms with Gasteiger partial charge >= 0.3 is 0 Å². The van der Waals surface area contributed by atoms with E-state index < -0.39 is 5.60 Å². The molecule has 4 rings (SSSR count). The van der Waals surface area contributed by atoms with Crippen LogP contribution in [0.25, 0.3) is 0 Å². The van der Waals surface area contributed by atoms with Crippen molar-refractivity contribution in [2.45, 2.75) is 5.60 Å². The zero-order chi connectivity index (χ0) is 18.5. The molecule has 0 aromatic heterocycles. The third-order valence-corrected chi connectivity index (χ3v) is 4.63. The quantitative estimate of drug-likeness (QED) is 0.463. The summed E-state index contributed by atoms with van der Waals surface area (Å²) in [6.45, 7) is 0. The zero-order valence-corrected chi connectivity index (χ0v) is 14.8. The van der Waals surface area contributed by atoms with Crippen LogP contribution in [0.15, 0.2) is 115 Å². The Morgan fingerprint density at radius 1 is 0.444 bits per heavy atom. The smallest absolute Gasteiger partial charge is 0.140 e. The van der Waals surface area contributed by atoms with Gasteiger partial charge < -0.3 is 9.84 Å². The number of aliphatic hydroxyl groups is 1. The largest absolute Gasteiger partial charge is 0.457 e. The molecular formula is C25H20O2. The van der Waals surface area contributed by atoms with Gasteiger partial charge in [0.05, 0.1) is 0 Å². The molecule has 0 radical (unpaired) electrons. The lowest BCUT2D eigenvalue weighted by Crippen LogP contribution is -2.28. The maximum Gasteiger partial charge on any atom is 0.140 e. The number of para-hydroxylation sites is 1. The molecule has 4 aromatic carbocycles. The minimum Gasteiger partial charge on any atom is -0.457 e. The first kappa shape index (κ1) is 17.1. The highest BCUT2D eigenvalue weighted by atomic mass is 16.5. The first-order valence-electron chi connectivity index (χ1n) is 8.94. The molecule has 4 aromatic rings. The summed E-state index contributed by atoms with van der Waals surface area (Å²) in [7, 11) is 0. The van der Waals surface area contributed by atoms with Gasteiger partial charge in [-0.2, -0.15) is 0 Å². The van der Waals surface area contributed by atoms with Gasteiger partial charge in [-0.3, -0.25) is 0 Å². The van der Waals surface area contributed by atoms with Crippen LogP contribution in [0.2, 0.25) is 0 Å². The Kier molecular flexibility index (Phi) is 4.73. The van der Waals surface area contributed by atoms with Gasteiger partial charge in [0.1, 0.15) is 17.1 Å². The van der Waals surface area contributed by atoms with E-state index in [1.807, 2.05) is 115 Å². The molecule has 0 fully saturated rings. The highest BCUT2D eigenvalue weighted by molar-refractivity contribution is 5.48. The molecule has 0 unspecified atom stereocenters. The molecule has 0 saturated heterocycles. The molecule has 1 N–H and O–H groups in total. The van der Waals surface area contributed by atoms with Gasteiger partial charge in [-0.05, 0) is 41.0 Å². The maximum absolute atomic E-state index is 11.8. The minimum atomic E-state index is -1.23. The second-order valence-corrected chi connectivity index (χ2v) is 6.38. The number of hydrogen-bond donors (Lipinski definition) is 1. The molecule has 0 aliphatic rings. The number of ether oxygens (including phenoxy) is 1. The van der Waals surface area contributed by atoms with Gasteiger partial charge in [0.25, 0.3) is 0 Å². The molecule has 27 heavy (non-hydrogen) atoms. The fourth-order valence-corrected chi connectivity index (χ4v) is 3.25. The summed E-state index contributed by atoms with van der Waals surface area (Å²) in [6, 6.07) is 36.7. The zero-order valence-electron chi connectivity index (χ0n) is 14.8. The first-order chi connectivity index (χ1) is 13.3. The summed E-state index contributed by atoms with van der Waals surface area (Å²) in [5.41, 5.74) is 1.22. The Hall–Kier alpha value is -3.36. The van der Waals surface area contributed by atoms with Crippen LogP contribution >= 0.6 is 0 Å². The Balaban J connectivity index is 1.73. The molecule has 0 spiro atoms. The summed E-state index contributed by atoms with van der Waals surface area (Å²) in [5, 5.41) is 11.8. The van der Waals surface area contributed by atoms with Crippen LogP contribution in [0.4, 0.5) is 0 Å². The fraction of sp³-hybridized carbons (Fsp3) is 0.0400. The Morgan fingerprint density at radius 3 is 1.30 bits per heavy atom. The van der Waals surface area contributed by atoms with Gasteiger partial charge in [-0.1, -0.05) is 91.0 Å². The fourth-order valence-electron chi connectivity index (χ4n) is 3.25. The average Bonchev–Trinajstić information content (AvgIpc) is 2.76. The van der Waals surface area contributed by atoms with E-state index in [0.717, 1.165) is 28.2 Å². The van der Waals surface area contributed by atoms with Gasteiger partial charge in [0, 0.05) is 0 Å². The number of hydrogen-bond acceptors (Lipinski definition) is 2. The van der Waals surface area contributed by atoms with Crippen molar-refractivity contribution in [2.75, 3.05) is 0 Å². The van der Waals surface area contributed by atoms with Crippen LogP contribution in [0.3, 0.4) is 0 Å². The summed E-state index contributed by atoms with van der Waals surface area (Å²) < 4.78 is 5.88. The summed E-state index contributed by atoms with van der Waals surface area (Å²) in [4.78, 5) is 0. The van der Waals surface area contributed by atoms with E-state index in [0.29, 0.717) is 0 Å². The lowest BCUT2D eigenvalue weighted by atomic mass is 9.80. The highest BCUT2D eigenvalue weighted by Gasteiger charge is 2.33. The highest BCUT2D eigenvalue weighted by Crippen LogP contribution is 2.37. The topological polar surface area (TPSA) is 29.5 Å². The lowest BCUT2D eigenvalue weighted by Gasteiger charge is -2.30. The number of rotatable bonds is 5. The Morgan fingerprint density at radius 2 is 0.815 bits per heavy atom. The molecule has 0 bridgehead atoms. The van der Waals surface area contributed by atoms with Crippen LogP contribution in [0, 0.1) is 0 Å². The van der Waals surface area contributed by atoms with Crippen LogP contribution in [-0.2, 0) is 5.60 Å². The number of benzene rings is 4. The van der Waals surface area contributed by atoms with Crippen LogP contribution in [0.5, 0.6) is 11.5 Å². The van der Waals surface area contributed by atoms with Gasteiger partial charge in [0.15, 0.2) is 0 Å². The molecular weight excluding hydrogens is 332 g/mol. The second-order valence-electron chi connectivity index (χ2n) is 6.38. The summed E-state index contributed by atoms with van der Waals surface area (Å²) >= 11 is 0. The maximum atomic E-state index is 11.8. The van der Waals surface area contributed by atoms with Crippen LogP contribution < -0.4 is 4.74 Å². The van der Waals surface area contributed by atoms with Crippen molar-refractivity contribution in [1.29, 1.82) is 0 Å². The van der Waals surface area contributed by atoms with Crippen molar-refractivity contribution in [2.24, 2.45) is 0 Å². The van der Waals surface area contributed by atoms with Crippen molar-refractivity contribution in [3.8, 4) is 11.5 Å². The van der Waals surface area contributed by atoms with E-state index in [1.54, 1.807) is 0 Å². The van der Waals surface area contributed by atoms with Crippen molar-refractivity contribution in [1.82, 2.24) is 0 Å². The van der Waals surface area contributed by atoms with E-state index >= 15 is 0 Å². The standard InChI is InChI=1S/C25H20O2/c26-25(20-10-4-1-5-11-20,21-12-6-2-7-13-21)22-16-18-24(19-17-22)27-23-14-8-3-9-15-23/h1-19,26H. The van der Waals surface area contributed by atoms with Crippen LogP contribution in [-0.4, -0.2) is 5.11 Å². The van der Waals surface area contributed by atoms with E-state index in [9.17, 15) is 5.11 Å². The lowest BCUT2D eigenvalue weighted by molar-refractivity contribution is 0.125. The first-order valence-corrected chi connectivity index (χ1v) is 8.94. The molecule has 0 amide bonds. The monoisotopic (exact) mass is 352 g/mol.